The van der Waals surface area contributed by atoms with E-state index in [0.29, 0.717) is 23.5 Å². The summed E-state index contributed by atoms with van der Waals surface area (Å²) in [7, 11) is -0.882. The van der Waals surface area contributed by atoms with Crippen LogP contribution >= 0.6 is 0 Å². The van der Waals surface area contributed by atoms with Crippen molar-refractivity contribution in [3.8, 4) is 22.8 Å². The van der Waals surface area contributed by atoms with Gasteiger partial charge in [-0.1, -0.05) is 37.6 Å². The summed E-state index contributed by atoms with van der Waals surface area (Å²) in [4.78, 5) is 16.4. The number of ether oxygens (including phenoxy) is 3. The van der Waals surface area contributed by atoms with Gasteiger partial charge in [-0.05, 0) is 77.5 Å². The van der Waals surface area contributed by atoms with Gasteiger partial charge in [-0.2, -0.15) is 8.42 Å². The lowest BCUT2D eigenvalue weighted by atomic mass is 9.68. The average molecular weight is 598 g/mol. The lowest BCUT2D eigenvalue weighted by Gasteiger charge is -2.37. The number of methoxy groups -OCH3 is 2. The van der Waals surface area contributed by atoms with Gasteiger partial charge >= 0.3 is 5.97 Å². The van der Waals surface area contributed by atoms with Crippen LogP contribution in [0.2, 0.25) is 0 Å². The van der Waals surface area contributed by atoms with Crippen molar-refractivity contribution in [1.82, 2.24) is 4.98 Å². The largest absolute Gasteiger partial charge is 0.485 e. The molecule has 42 heavy (non-hydrogen) atoms. The number of pyridine rings is 1. The average Bonchev–Trinajstić information content (AvgIpc) is 2.96. The fourth-order valence-corrected chi connectivity index (χ4v) is 6.37. The van der Waals surface area contributed by atoms with Crippen LogP contribution in [0, 0.1) is 17.7 Å². The normalized spacial score (nSPS) is 18.3. The van der Waals surface area contributed by atoms with Crippen LogP contribution in [-0.4, -0.2) is 39.8 Å². The minimum absolute atomic E-state index is 0.0479. The predicted molar refractivity (Wildman–Crippen MR) is 155 cm³/mol. The molecule has 0 radical (unpaired) electrons. The third-order valence-electron chi connectivity index (χ3n) is 8.45. The molecule has 0 spiro atoms. The first-order chi connectivity index (χ1) is 20.1. The summed E-state index contributed by atoms with van der Waals surface area (Å²) < 4.78 is 60.4. The highest BCUT2D eigenvalue weighted by Gasteiger charge is 2.37. The van der Waals surface area contributed by atoms with Gasteiger partial charge in [0.15, 0.2) is 0 Å². The molecule has 3 aromatic rings. The van der Waals surface area contributed by atoms with E-state index in [0.717, 1.165) is 60.6 Å². The highest BCUT2D eigenvalue weighted by Crippen LogP contribution is 2.46. The van der Waals surface area contributed by atoms with Crippen molar-refractivity contribution in [3.05, 3.63) is 76.7 Å². The minimum Gasteiger partial charge on any atom is -0.485 e. The van der Waals surface area contributed by atoms with Gasteiger partial charge in [0.05, 0.1) is 39.2 Å². The molecule has 3 atom stereocenters. The summed E-state index contributed by atoms with van der Waals surface area (Å²) in [5, 5.41) is 0. The van der Waals surface area contributed by atoms with E-state index in [-0.39, 0.29) is 42.0 Å². The molecule has 1 fully saturated rings. The Labute approximate surface area is 246 Å². The van der Waals surface area contributed by atoms with Crippen molar-refractivity contribution in [1.29, 1.82) is 0 Å². The van der Waals surface area contributed by atoms with E-state index >= 15 is 0 Å². The Hall–Kier alpha value is -3.50. The van der Waals surface area contributed by atoms with Crippen LogP contribution in [-0.2, 0) is 36.9 Å². The number of carbonyl (C=O) groups excluding carboxylic acids is 1. The highest BCUT2D eigenvalue weighted by atomic mass is 32.2. The Balaban J connectivity index is 1.47. The predicted octanol–water partition coefficient (Wildman–Crippen LogP) is 6.13. The van der Waals surface area contributed by atoms with Crippen molar-refractivity contribution in [3.63, 3.8) is 0 Å². The molecule has 1 unspecified atom stereocenters. The number of hydrogen-bond donors (Lipinski definition) is 0. The number of nitrogens with zero attached hydrogens (tertiary/aromatic N) is 1. The molecule has 2 aromatic carbocycles. The number of aromatic nitrogens is 1. The Morgan fingerprint density at radius 1 is 1.10 bits per heavy atom. The first-order valence-corrected chi connectivity index (χ1v) is 15.9. The third-order valence-corrected chi connectivity index (χ3v) is 9.00. The number of esters is 1. The molecule has 224 valence electrons. The maximum absolute atomic E-state index is 14.9. The van der Waals surface area contributed by atoms with Gasteiger partial charge in [0.2, 0.25) is 5.88 Å². The van der Waals surface area contributed by atoms with E-state index < -0.39 is 15.9 Å². The number of halogens is 1. The third kappa shape index (κ3) is 6.44. The topological polar surface area (TPSA) is 101 Å². The fraction of sp³-hybridized carbons (Fsp3) is 0.438. The van der Waals surface area contributed by atoms with E-state index in [9.17, 15) is 17.6 Å². The number of aryl methyl sites for hydroxylation is 1. The molecular formula is C32H36FNO7S. The monoisotopic (exact) mass is 597 g/mol. The summed E-state index contributed by atoms with van der Waals surface area (Å²) in [6.07, 6.45) is 6.56. The number of rotatable bonds is 10. The minimum atomic E-state index is -3.75. The molecule has 1 saturated carbocycles. The second-order valence-corrected chi connectivity index (χ2v) is 12.8. The highest BCUT2D eigenvalue weighted by molar-refractivity contribution is 7.85. The Kier molecular flexibility index (Phi) is 8.84. The molecule has 5 rings (SSSR count). The number of fused-ring (bicyclic) bond motifs is 1. The maximum atomic E-state index is 14.9. The summed E-state index contributed by atoms with van der Waals surface area (Å²) in [5.74, 6) is 0.427. The van der Waals surface area contributed by atoms with E-state index in [1.54, 1.807) is 6.07 Å². The molecule has 0 amide bonds. The molecular weight excluding hydrogens is 561 g/mol. The summed E-state index contributed by atoms with van der Waals surface area (Å²) in [5.41, 5.74) is 4.17. The Bertz CT molecular complexity index is 1570. The summed E-state index contributed by atoms with van der Waals surface area (Å²) in [6.45, 7) is 1.66. The maximum Gasteiger partial charge on any atom is 0.309 e. The molecule has 1 aromatic heterocycles. The van der Waals surface area contributed by atoms with Gasteiger partial charge in [0, 0.05) is 11.6 Å². The van der Waals surface area contributed by atoms with Crippen molar-refractivity contribution >= 4 is 16.1 Å². The molecule has 1 aliphatic carbocycles. The van der Waals surface area contributed by atoms with Crippen LogP contribution in [0.5, 0.6) is 11.6 Å². The van der Waals surface area contributed by atoms with Crippen LogP contribution in [0.1, 0.15) is 66.9 Å². The fourth-order valence-electron chi connectivity index (χ4n) is 6.03. The molecule has 2 heterocycles. The zero-order valence-corrected chi connectivity index (χ0v) is 25.1. The van der Waals surface area contributed by atoms with Crippen molar-refractivity contribution < 1.29 is 36.0 Å². The second-order valence-electron chi connectivity index (χ2n) is 11.1. The zero-order valence-electron chi connectivity index (χ0n) is 24.3. The molecule has 1 aliphatic heterocycles. The van der Waals surface area contributed by atoms with Crippen molar-refractivity contribution in [2.24, 2.45) is 11.8 Å². The summed E-state index contributed by atoms with van der Waals surface area (Å²) in [6, 6.07) is 13.1. The molecule has 10 heteroatoms. The van der Waals surface area contributed by atoms with Crippen LogP contribution in [0.4, 0.5) is 4.39 Å². The van der Waals surface area contributed by atoms with Crippen LogP contribution in [0.15, 0.2) is 48.7 Å². The standard InChI is InChI=1S/C32H36FNO7S/c1-19(32(35)39-3)31(21-6-5-7-21)23-9-8-20-11-13-28(41-29(20)15-23)22-10-12-25(24(14-22)18-40-42(4,36)37)26-16-30(38-2)34-17-27(26)33/h8-10,12,14-17,19,21,28,31H,5-7,11,13,18H2,1-4H3/t19-,28?,31-/m0/s1. The smallest absolute Gasteiger partial charge is 0.309 e. The van der Waals surface area contributed by atoms with Gasteiger partial charge in [0.1, 0.15) is 17.7 Å². The molecule has 8 nitrogen and oxygen atoms in total. The molecule has 0 N–H and O–H groups in total. The molecule has 0 bridgehead atoms. The lowest BCUT2D eigenvalue weighted by molar-refractivity contribution is -0.146. The lowest BCUT2D eigenvalue weighted by Crippen LogP contribution is -2.30. The van der Waals surface area contributed by atoms with Crippen LogP contribution < -0.4 is 9.47 Å². The van der Waals surface area contributed by atoms with E-state index in [4.69, 9.17) is 18.4 Å². The SMILES string of the molecule is COC(=O)[C@@H](C)[C@H](c1ccc2c(c1)OC(c1ccc(-c3cc(OC)ncc3F)c(COS(C)(=O)=O)c1)CC2)C1CCC1. The van der Waals surface area contributed by atoms with Gasteiger partial charge in [-0.3, -0.25) is 8.98 Å². The number of hydrogen-bond acceptors (Lipinski definition) is 8. The van der Waals surface area contributed by atoms with Crippen LogP contribution in [0.3, 0.4) is 0 Å². The Morgan fingerprint density at radius 3 is 2.55 bits per heavy atom. The van der Waals surface area contributed by atoms with E-state index in [1.807, 2.05) is 19.1 Å². The summed E-state index contributed by atoms with van der Waals surface area (Å²) >= 11 is 0. The quantitative estimate of drug-likeness (QED) is 0.203. The number of benzene rings is 2. The van der Waals surface area contributed by atoms with Crippen LogP contribution in [0.25, 0.3) is 11.1 Å². The zero-order chi connectivity index (χ0) is 30.0. The van der Waals surface area contributed by atoms with E-state index in [2.05, 4.69) is 23.2 Å². The number of carbonyl (C=O) groups is 1. The van der Waals surface area contributed by atoms with Gasteiger partial charge in [-0.25, -0.2) is 9.37 Å². The first-order valence-electron chi connectivity index (χ1n) is 14.1. The first kappa shape index (κ1) is 30.0. The van der Waals surface area contributed by atoms with Gasteiger partial charge < -0.3 is 14.2 Å². The van der Waals surface area contributed by atoms with Gasteiger partial charge in [0.25, 0.3) is 10.1 Å². The van der Waals surface area contributed by atoms with E-state index in [1.165, 1.54) is 20.3 Å². The van der Waals surface area contributed by atoms with Crippen molar-refractivity contribution in [2.45, 2.75) is 57.7 Å². The Morgan fingerprint density at radius 2 is 1.88 bits per heavy atom. The molecule has 2 aliphatic rings. The molecule has 0 saturated heterocycles. The second kappa shape index (κ2) is 12.4. The van der Waals surface area contributed by atoms with Gasteiger partial charge in [-0.15, -0.1) is 0 Å². The van der Waals surface area contributed by atoms with Crippen molar-refractivity contribution in [2.75, 3.05) is 20.5 Å².